The number of amides is 2. The number of carbonyl (C=O) groups excluding carboxylic acids is 2. The number of hydrogen-bond acceptors (Lipinski definition) is 5. The van der Waals surface area contributed by atoms with Gasteiger partial charge in [0.1, 0.15) is 5.75 Å². The van der Waals surface area contributed by atoms with Crippen molar-refractivity contribution in [2.45, 2.75) is 19.0 Å². The average Bonchev–Trinajstić information content (AvgIpc) is 3.13. The van der Waals surface area contributed by atoms with Crippen LogP contribution in [0.15, 0.2) is 47.6 Å². The molecule has 2 amide bonds. The zero-order chi connectivity index (χ0) is 20.8. The number of H-pyrrole nitrogens is 1. The van der Waals surface area contributed by atoms with E-state index in [4.69, 9.17) is 4.74 Å². The molecule has 1 aromatic heterocycles. The van der Waals surface area contributed by atoms with Crippen LogP contribution in [0.4, 0.5) is 5.69 Å². The minimum atomic E-state index is -0.211. The van der Waals surface area contributed by atoms with Crippen molar-refractivity contribution in [2.24, 2.45) is 5.92 Å². The van der Waals surface area contributed by atoms with E-state index >= 15 is 0 Å². The van der Waals surface area contributed by atoms with Crippen molar-refractivity contribution in [3.05, 3.63) is 48.0 Å². The molecule has 0 unspecified atom stereocenters. The van der Waals surface area contributed by atoms with E-state index in [-0.39, 0.29) is 17.6 Å². The number of imidazole rings is 1. The third-order valence-corrected chi connectivity index (χ3v) is 5.00. The Kier molecular flexibility index (Phi) is 6.77. The zero-order valence-electron chi connectivity index (χ0n) is 16.6. The summed E-state index contributed by atoms with van der Waals surface area (Å²) in [4.78, 5) is 32.4. The van der Waals surface area contributed by atoms with Crippen LogP contribution in [0.3, 0.4) is 0 Å². The highest BCUT2D eigenvalue weighted by atomic mass is 32.2. The number of para-hydroxylation sites is 1. The molecule has 0 fully saturated rings. The van der Waals surface area contributed by atoms with Crippen LogP contribution < -0.4 is 15.4 Å². The van der Waals surface area contributed by atoms with Gasteiger partial charge in [-0.3, -0.25) is 9.59 Å². The lowest BCUT2D eigenvalue weighted by Gasteiger charge is -2.12. The van der Waals surface area contributed by atoms with Crippen LogP contribution in [0.25, 0.3) is 11.0 Å². The zero-order valence-corrected chi connectivity index (χ0v) is 17.4. The molecule has 0 bridgehead atoms. The topological polar surface area (TPSA) is 96.1 Å². The summed E-state index contributed by atoms with van der Waals surface area (Å²) in [6.07, 6.45) is 0. The molecular weight excluding hydrogens is 388 g/mol. The fourth-order valence-corrected chi connectivity index (χ4v) is 3.35. The molecule has 0 aliphatic carbocycles. The van der Waals surface area contributed by atoms with E-state index in [0.717, 1.165) is 16.8 Å². The molecule has 1 heterocycles. The maximum atomic E-state index is 12.4. The van der Waals surface area contributed by atoms with Crippen molar-refractivity contribution < 1.29 is 14.3 Å². The van der Waals surface area contributed by atoms with Gasteiger partial charge in [-0.1, -0.05) is 37.7 Å². The number of aromatic amines is 1. The van der Waals surface area contributed by atoms with Gasteiger partial charge in [-0.2, -0.15) is 0 Å². The van der Waals surface area contributed by atoms with Crippen molar-refractivity contribution in [1.82, 2.24) is 15.3 Å². The van der Waals surface area contributed by atoms with Crippen LogP contribution in [0.5, 0.6) is 5.75 Å². The van der Waals surface area contributed by atoms with Gasteiger partial charge >= 0.3 is 0 Å². The predicted molar refractivity (Wildman–Crippen MR) is 116 cm³/mol. The van der Waals surface area contributed by atoms with E-state index in [1.54, 1.807) is 31.4 Å². The van der Waals surface area contributed by atoms with E-state index in [1.165, 1.54) is 11.8 Å². The molecule has 3 aromatic rings. The fraction of sp³-hybridized carbons (Fsp3) is 0.286. The van der Waals surface area contributed by atoms with Crippen LogP contribution in [-0.4, -0.2) is 41.2 Å². The molecule has 8 heteroatoms. The number of benzene rings is 2. The van der Waals surface area contributed by atoms with Gasteiger partial charge in [-0.25, -0.2) is 4.98 Å². The Morgan fingerprint density at radius 2 is 2.00 bits per heavy atom. The molecule has 2 aromatic carbocycles. The Bertz CT molecular complexity index is 1020. The maximum Gasteiger partial charge on any atom is 0.253 e. The van der Waals surface area contributed by atoms with E-state index in [0.29, 0.717) is 28.9 Å². The molecule has 29 heavy (non-hydrogen) atoms. The van der Waals surface area contributed by atoms with Gasteiger partial charge in [0.05, 0.1) is 35.1 Å². The molecule has 3 rings (SSSR count). The van der Waals surface area contributed by atoms with Gasteiger partial charge < -0.3 is 20.4 Å². The third-order valence-electron chi connectivity index (χ3n) is 4.12. The van der Waals surface area contributed by atoms with Crippen LogP contribution in [0.2, 0.25) is 0 Å². The Morgan fingerprint density at radius 1 is 1.21 bits per heavy atom. The smallest absolute Gasteiger partial charge is 0.253 e. The standard InChI is InChI=1S/C21H24N4O3S/c1-13(2)11-22-20(27)15-6-4-5-7-16(15)23-19(26)12-29-21-24-17-9-8-14(28-3)10-18(17)25-21/h4-10,13H,11-12H2,1-3H3,(H,22,27)(H,23,26)(H,24,25). The predicted octanol–water partition coefficient (Wildman–Crippen LogP) is 3.69. The minimum absolute atomic E-state index is 0.166. The summed E-state index contributed by atoms with van der Waals surface area (Å²) >= 11 is 1.30. The molecule has 0 saturated carbocycles. The van der Waals surface area contributed by atoms with Crippen molar-refractivity contribution in [2.75, 3.05) is 24.7 Å². The highest BCUT2D eigenvalue weighted by Gasteiger charge is 2.14. The molecular formula is C21H24N4O3S. The van der Waals surface area contributed by atoms with Gasteiger partial charge in [0, 0.05) is 12.6 Å². The highest BCUT2D eigenvalue weighted by Crippen LogP contribution is 2.23. The maximum absolute atomic E-state index is 12.4. The first-order chi connectivity index (χ1) is 14.0. The van der Waals surface area contributed by atoms with Gasteiger partial charge in [-0.15, -0.1) is 0 Å². The average molecular weight is 413 g/mol. The van der Waals surface area contributed by atoms with Crippen LogP contribution >= 0.6 is 11.8 Å². The molecule has 152 valence electrons. The number of carbonyl (C=O) groups is 2. The lowest BCUT2D eigenvalue weighted by Crippen LogP contribution is -2.28. The van der Waals surface area contributed by atoms with Crippen LogP contribution in [0, 0.1) is 5.92 Å². The lowest BCUT2D eigenvalue weighted by molar-refractivity contribution is -0.113. The molecule has 3 N–H and O–H groups in total. The molecule has 7 nitrogen and oxygen atoms in total. The fourth-order valence-electron chi connectivity index (χ4n) is 2.66. The van der Waals surface area contributed by atoms with Crippen molar-refractivity contribution >= 4 is 40.3 Å². The first-order valence-electron chi connectivity index (χ1n) is 9.30. The van der Waals surface area contributed by atoms with Crippen LogP contribution in [-0.2, 0) is 4.79 Å². The van der Waals surface area contributed by atoms with Gasteiger partial charge in [-0.05, 0) is 30.2 Å². The van der Waals surface area contributed by atoms with Crippen LogP contribution in [0.1, 0.15) is 24.2 Å². The second kappa shape index (κ2) is 9.47. The van der Waals surface area contributed by atoms with E-state index in [2.05, 4.69) is 20.6 Å². The monoisotopic (exact) mass is 412 g/mol. The molecule has 0 atom stereocenters. The summed E-state index contributed by atoms with van der Waals surface area (Å²) in [5, 5.41) is 6.34. The number of aromatic nitrogens is 2. The van der Waals surface area contributed by atoms with Crippen molar-refractivity contribution in [3.63, 3.8) is 0 Å². The normalized spacial score (nSPS) is 10.9. The molecule has 0 aliphatic heterocycles. The second-order valence-corrected chi connectivity index (χ2v) is 7.88. The SMILES string of the molecule is COc1ccc2nc(SCC(=O)Nc3ccccc3C(=O)NCC(C)C)[nH]c2c1. The number of anilines is 1. The number of rotatable bonds is 8. The minimum Gasteiger partial charge on any atom is -0.497 e. The van der Waals surface area contributed by atoms with Crippen molar-refractivity contribution in [3.8, 4) is 5.75 Å². The Balaban J connectivity index is 1.62. The number of nitrogens with one attached hydrogen (secondary N) is 3. The highest BCUT2D eigenvalue weighted by molar-refractivity contribution is 7.99. The summed E-state index contributed by atoms with van der Waals surface area (Å²) in [6.45, 7) is 4.63. The van der Waals surface area contributed by atoms with E-state index < -0.39 is 0 Å². The van der Waals surface area contributed by atoms with Gasteiger partial charge in [0.15, 0.2) is 5.16 Å². The van der Waals surface area contributed by atoms with Crippen molar-refractivity contribution in [1.29, 1.82) is 0 Å². The molecule has 0 saturated heterocycles. The number of nitrogens with zero attached hydrogens (tertiary/aromatic N) is 1. The number of thioether (sulfide) groups is 1. The first-order valence-corrected chi connectivity index (χ1v) is 10.3. The largest absolute Gasteiger partial charge is 0.497 e. The Hall–Kier alpha value is -3.00. The Morgan fingerprint density at radius 3 is 2.76 bits per heavy atom. The molecule has 0 radical (unpaired) electrons. The third kappa shape index (κ3) is 5.51. The van der Waals surface area contributed by atoms with Gasteiger partial charge in [0.2, 0.25) is 5.91 Å². The summed E-state index contributed by atoms with van der Waals surface area (Å²) in [5.41, 5.74) is 2.59. The molecule has 0 spiro atoms. The first kappa shape index (κ1) is 20.7. The number of methoxy groups -OCH3 is 1. The summed E-state index contributed by atoms with van der Waals surface area (Å²) in [7, 11) is 1.61. The summed E-state index contributed by atoms with van der Waals surface area (Å²) in [6, 6.07) is 12.5. The number of fused-ring (bicyclic) bond motifs is 1. The Labute approximate surface area is 173 Å². The number of ether oxygens (including phenoxy) is 1. The lowest BCUT2D eigenvalue weighted by atomic mass is 10.1. The number of hydrogen-bond donors (Lipinski definition) is 3. The van der Waals surface area contributed by atoms with E-state index in [1.807, 2.05) is 32.0 Å². The summed E-state index contributed by atoms with van der Waals surface area (Å²) in [5.74, 6) is 0.841. The van der Waals surface area contributed by atoms with Gasteiger partial charge in [0.25, 0.3) is 5.91 Å². The quantitative estimate of drug-likeness (QED) is 0.491. The van der Waals surface area contributed by atoms with E-state index in [9.17, 15) is 9.59 Å². The molecule has 0 aliphatic rings. The second-order valence-electron chi connectivity index (χ2n) is 6.91. The summed E-state index contributed by atoms with van der Waals surface area (Å²) < 4.78 is 5.21.